The standard InChI is InChI=1S/C13H12F3N3S/c1-10(7-4-6(17)2-3-8(7)14)11-5-12(11,13(11,15)16)20-9(18)19-10/h2-4H,5,17H2,1H3,(H2,18,19)/t10-,11?,12?/m1/s1. The third-order valence-electron chi connectivity index (χ3n) is 5.02. The molecule has 0 spiro atoms. The molecule has 0 radical (unpaired) electrons. The number of alkyl halides is 2. The summed E-state index contributed by atoms with van der Waals surface area (Å²) in [6, 6.07) is 3.97. The van der Waals surface area contributed by atoms with E-state index in [1.165, 1.54) is 25.1 Å². The summed E-state index contributed by atoms with van der Waals surface area (Å²) in [4.78, 5) is 4.19. The van der Waals surface area contributed by atoms with Crippen LogP contribution >= 0.6 is 11.8 Å². The van der Waals surface area contributed by atoms with Crippen molar-refractivity contribution in [3.8, 4) is 0 Å². The first-order valence-corrected chi connectivity index (χ1v) is 7.01. The fourth-order valence-corrected chi connectivity index (χ4v) is 5.43. The van der Waals surface area contributed by atoms with Crippen LogP contribution in [0.15, 0.2) is 23.2 Å². The monoisotopic (exact) mass is 299 g/mol. The van der Waals surface area contributed by atoms with Crippen molar-refractivity contribution in [2.45, 2.75) is 29.6 Å². The highest BCUT2D eigenvalue weighted by Gasteiger charge is 3.10. The molecule has 0 bridgehead atoms. The van der Waals surface area contributed by atoms with Crippen LogP contribution in [0.1, 0.15) is 18.9 Å². The fraction of sp³-hybridized carbons (Fsp3) is 0.462. The van der Waals surface area contributed by atoms with Gasteiger partial charge in [-0.05, 0) is 31.5 Å². The second-order valence-electron chi connectivity index (χ2n) is 5.85. The van der Waals surface area contributed by atoms with Gasteiger partial charge in [0, 0.05) is 11.3 Å². The van der Waals surface area contributed by atoms with Crippen molar-refractivity contribution in [3.05, 3.63) is 29.6 Å². The quantitative estimate of drug-likeness (QED) is 0.783. The van der Waals surface area contributed by atoms with Gasteiger partial charge in [0.05, 0.1) is 5.41 Å². The van der Waals surface area contributed by atoms with Gasteiger partial charge in [-0.1, -0.05) is 11.8 Å². The minimum absolute atomic E-state index is 0.0830. The Morgan fingerprint density at radius 2 is 2.00 bits per heavy atom. The number of nitrogen functional groups attached to an aromatic ring is 1. The molecule has 2 fully saturated rings. The molecule has 4 N–H and O–H groups in total. The minimum atomic E-state index is -2.87. The van der Waals surface area contributed by atoms with E-state index in [2.05, 4.69) is 4.99 Å². The lowest BCUT2D eigenvalue weighted by molar-refractivity contribution is 0.00644. The zero-order chi connectivity index (χ0) is 14.6. The van der Waals surface area contributed by atoms with Crippen molar-refractivity contribution in [1.29, 1.82) is 0 Å². The maximum absolute atomic E-state index is 14.2. The first kappa shape index (κ1) is 12.4. The Balaban J connectivity index is 1.96. The van der Waals surface area contributed by atoms with Crippen molar-refractivity contribution in [2.75, 3.05) is 5.73 Å². The van der Waals surface area contributed by atoms with E-state index in [1.54, 1.807) is 0 Å². The normalized spacial score (nSPS) is 43.3. The predicted octanol–water partition coefficient (Wildman–Crippen LogP) is 2.46. The van der Waals surface area contributed by atoms with Gasteiger partial charge in [-0.15, -0.1) is 0 Å². The van der Waals surface area contributed by atoms with Gasteiger partial charge in [-0.25, -0.2) is 13.2 Å². The number of amidine groups is 1. The zero-order valence-corrected chi connectivity index (χ0v) is 11.4. The van der Waals surface area contributed by atoms with Crippen LogP contribution in [0.3, 0.4) is 0 Å². The summed E-state index contributed by atoms with van der Waals surface area (Å²) in [6.07, 6.45) is 0.298. The zero-order valence-electron chi connectivity index (χ0n) is 10.6. The van der Waals surface area contributed by atoms with E-state index in [0.29, 0.717) is 12.1 Å². The van der Waals surface area contributed by atoms with Crippen LogP contribution in [0.4, 0.5) is 18.9 Å². The van der Waals surface area contributed by atoms with Crippen molar-refractivity contribution in [2.24, 2.45) is 16.1 Å². The summed E-state index contributed by atoms with van der Waals surface area (Å²) in [7, 11) is 0. The van der Waals surface area contributed by atoms with E-state index >= 15 is 0 Å². The molecule has 4 rings (SSSR count). The highest BCUT2D eigenvalue weighted by molar-refractivity contribution is 8.15. The van der Waals surface area contributed by atoms with Crippen LogP contribution in [0.25, 0.3) is 0 Å². The van der Waals surface area contributed by atoms with Gasteiger partial charge in [0.15, 0.2) is 5.17 Å². The highest BCUT2D eigenvalue weighted by atomic mass is 32.2. The van der Waals surface area contributed by atoms with Crippen LogP contribution < -0.4 is 11.5 Å². The molecule has 1 aromatic carbocycles. The molecule has 3 aliphatic rings. The second kappa shape index (κ2) is 2.95. The summed E-state index contributed by atoms with van der Waals surface area (Å²) in [5.41, 5.74) is 9.10. The number of hydrogen-bond donors (Lipinski definition) is 2. The largest absolute Gasteiger partial charge is 0.399 e. The summed E-state index contributed by atoms with van der Waals surface area (Å²) in [6.45, 7) is 1.53. The number of hydrogen-bond acceptors (Lipinski definition) is 4. The van der Waals surface area contributed by atoms with Gasteiger partial charge >= 0.3 is 0 Å². The molecule has 0 saturated heterocycles. The summed E-state index contributed by atoms with van der Waals surface area (Å²) >= 11 is 0.920. The number of thioether (sulfide) groups is 1. The van der Waals surface area contributed by atoms with Crippen LogP contribution in [0.2, 0.25) is 0 Å². The van der Waals surface area contributed by atoms with Crippen LogP contribution in [0.5, 0.6) is 0 Å². The Morgan fingerprint density at radius 1 is 1.30 bits per heavy atom. The number of anilines is 1. The lowest BCUT2D eigenvalue weighted by Gasteiger charge is -2.31. The second-order valence-corrected chi connectivity index (χ2v) is 7.17. The third-order valence-corrected chi connectivity index (χ3v) is 6.42. The van der Waals surface area contributed by atoms with E-state index in [1.807, 2.05) is 0 Å². The molecular formula is C13H12F3N3S. The van der Waals surface area contributed by atoms with Crippen LogP contribution in [-0.4, -0.2) is 15.8 Å². The maximum atomic E-state index is 14.2. The third kappa shape index (κ3) is 0.943. The molecule has 3 nitrogen and oxygen atoms in total. The van der Waals surface area contributed by atoms with E-state index in [-0.39, 0.29) is 10.7 Å². The number of benzene rings is 1. The molecule has 0 aromatic heterocycles. The summed E-state index contributed by atoms with van der Waals surface area (Å²) in [5.74, 6) is -3.45. The molecule has 1 aliphatic heterocycles. The van der Waals surface area contributed by atoms with Gasteiger partial charge in [-0.2, -0.15) is 0 Å². The van der Waals surface area contributed by atoms with Gasteiger partial charge in [0.1, 0.15) is 16.1 Å². The Hall–Kier alpha value is -1.37. The Kier molecular flexibility index (Phi) is 1.83. The van der Waals surface area contributed by atoms with Gasteiger partial charge in [0.2, 0.25) is 0 Å². The Bertz CT molecular complexity index is 691. The van der Waals surface area contributed by atoms with Crippen molar-refractivity contribution >= 4 is 22.6 Å². The molecule has 0 amide bonds. The molecule has 1 heterocycles. The average molecular weight is 299 g/mol. The lowest BCUT2D eigenvalue weighted by atomic mass is 9.80. The average Bonchev–Trinajstić information content (AvgIpc) is 3.16. The van der Waals surface area contributed by atoms with E-state index in [4.69, 9.17) is 11.5 Å². The molecule has 3 atom stereocenters. The van der Waals surface area contributed by atoms with Gasteiger partial charge in [0.25, 0.3) is 5.92 Å². The lowest BCUT2D eigenvalue weighted by Crippen LogP contribution is -2.35. The molecular weight excluding hydrogens is 287 g/mol. The number of nitrogens with two attached hydrogens (primary N) is 2. The summed E-state index contributed by atoms with van der Waals surface area (Å²) < 4.78 is 41.4. The molecule has 2 aliphatic carbocycles. The number of aliphatic imine (C=N–C) groups is 1. The van der Waals surface area contributed by atoms with Crippen molar-refractivity contribution in [3.63, 3.8) is 0 Å². The van der Waals surface area contributed by atoms with Gasteiger partial charge in [-0.3, -0.25) is 4.99 Å². The topological polar surface area (TPSA) is 64.4 Å². The SMILES string of the molecule is C[C@]1(c2cc(N)ccc2F)N=C(N)SC23CC21C3(F)F. The Morgan fingerprint density at radius 3 is 2.65 bits per heavy atom. The maximum Gasteiger partial charge on any atom is 0.273 e. The fourth-order valence-electron chi connectivity index (χ4n) is 3.81. The first-order chi connectivity index (χ1) is 9.22. The first-order valence-electron chi connectivity index (χ1n) is 6.19. The summed E-state index contributed by atoms with van der Waals surface area (Å²) in [5, 5.41) is 0.0830. The minimum Gasteiger partial charge on any atom is -0.399 e. The molecule has 2 unspecified atom stereocenters. The van der Waals surface area contributed by atoms with E-state index in [0.717, 1.165) is 11.8 Å². The van der Waals surface area contributed by atoms with Crippen molar-refractivity contribution < 1.29 is 13.2 Å². The number of nitrogens with zero attached hydrogens (tertiary/aromatic N) is 1. The van der Waals surface area contributed by atoms with Crippen molar-refractivity contribution in [1.82, 2.24) is 0 Å². The van der Waals surface area contributed by atoms with Crippen LogP contribution in [-0.2, 0) is 5.54 Å². The van der Waals surface area contributed by atoms with E-state index < -0.39 is 27.4 Å². The molecule has 7 heteroatoms. The molecule has 106 valence electrons. The highest BCUT2D eigenvalue weighted by Crippen LogP contribution is 2.99. The number of rotatable bonds is 1. The van der Waals surface area contributed by atoms with Gasteiger partial charge < -0.3 is 11.5 Å². The molecule has 2 saturated carbocycles. The number of halogens is 3. The predicted molar refractivity (Wildman–Crippen MR) is 72.1 cm³/mol. The molecule has 1 aromatic rings. The van der Waals surface area contributed by atoms with Crippen LogP contribution in [0, 0.1) is 11.2 Å². The Labute approximate surface area is 117 Å². The molecule has 20 heavy (non-hydrogen) atoms. The smallest absolute Gasteiger partial charge is 0.273 e. The van der Waals surface area contributed by atoms with E-state index in [9.17, 15) is 13.2 Å².